The maximum absolute atomic E-state index is 12.8. The van der Waals surface area contributed by atoms with Crippen molar-refractivity contribution in [2.45, 2.75) is 213 Å². The minimum absolute atomic E-state index is 0.119. The Balaban J connectivity index is 4.58. The van der Waals surface area contributed by atoms with Crippen LogP contribution >= 0.6 is 0 Å². The van der Waals surface area contributed by atoms with Crippen molar-refractivity contribution in [1.82, 2.24) is 0 Å². The van der Waals surface area contributed by atoms with Crippen LogP contribution in [0.3, 0.4) is 0 Å². The van der Waals surface area contributed by atoms with E-state index in [-0.39, 0.29) is 37.5 Å². The van der Waals surface area contributed by atoms with Crippen molar-refractivity contribution in [1.29, 1.82) is 0 Å². The summed E-state index contributed by atoms with van der Waals surface area (Å²) in [7, 11) is 0. The molecule has 0 aromatic rings. The van der Waals surface area contributed by atoms with Gasteiger partial charge in [-0.3, -0.25) is 14.4 Å². The van der Waals surface area contributed by atoms with Crippen molar-refractivity contribution in [2.75, 3.05) is 13.2 Å². The molecule has 0 aliphatic rings. The highest BCUT2D eigenvalue weighted by atomic mass is 16.6. The van der Waals surface area contributed by atoms with E-state index in [9.17, 15) is 14.4 Å². The number of carbonyl (C=O) groups excluding carboxylic acids is 3. The second kappa shape index (κ2) is 54.9. The molecule has 0 aromatic heterocycles. The average molecular weight is 937 g/mol. The van der Waals surface area contributed by atoms with Gasteiger partial charge in [-0.05, 0) is 83.5 Å². The minimum Gasteiger partial charge on any atom is -0.462 e. The van der Waals surface area contributed by atoms with Crippen LogP contribution in [0.4, 0.5) is 0 Å². The van der Waals surface area contributed by atoms with E-state index in [1.165, 1.54) is 51.4 Å². The molecule has 1 unspecified atom stereocenters. The fraction of sp³-hybridized carbons (Fsp3) is 0.565. The van der Waals surface area contributed by atoms with Gasteiger partial charge in [-0.25, -0.2) is 0 Å². The number of esters is 3. The first kappa shape index (κ1) is 63.3. The standard InChI is InChI=1S/C62H96O6/c1-4-7-10-13-16-19-22-25-28-30-32-34-37-40-43-46-49-52-55-61(64)67-58-59(57-66-60(63)54-51-48-45-42-39-36-33-27-24-21-18-15-12-9-6-3)68-62(65)56-53-50-47-44-41-38-35-31-29-26-23-20-17-14-11-8-5-2/h8-9,11-12,14-15,17-18,20-21,23-24,26-35,38,41,59H,4-7,10,13,16,19,22,25,36-37,39-40,42-58H2,1-3H3/b11-8-,12-9-,17-14-,18-15-,23-20-,24-21-,29-26-,30-28-,33-27-,34-32-,35-31+,41-38-. The molecule has 0 radical (unpaired) electrons. The SMILES string of the molecule is CC\C=C/C=C\C=C/C=C\C=C\C=C/CCCCCC(=O)OC(COC(=O)CCCCCCC\C=C/C=C\C=C/C=C\CC)COC(=O)CCCCCCC/C=C\C=C/CCCCCCCCC. The quantitative estimate of drug-likeness (QED) is 0.0262. The summed E-state index contributed by atoms with van der Waals surface area (Å²) in [5, 5.41) is 0. The Hall–Kier alpha value is -4.71. The van der Waals surface area contributed by atoms with Crippen molar-refractivity contribution in [3.63, 3.8) is 0 Å². The first-order valence-electron chi connectivity index (χ1n) is 27.0. The Morgan fingerprint density at radius 3 is 0.926 bits per heavy atom. The molecule has 6 heteroatoms. The Labute approximate surface area is 417 Å². The molecule has 68 heavy (non-hydrogen) atoms. The van der Waals surface area contributed by atoms with Gasteiger partial charge in [0.1, 0.15) is 13.2 Å². The van der Waals surface area contributed by atoms with E-state index in [0.29, 0.717) is 19.3 Å². The molecule has 6 nitrogen and oxygen atoms in total. The lowest BCUT2D eigenvalue weighted by Crippen LogP contribution is -2.30. The lowest BCUT2D eigenvalue weighted by atomic mass is 10.1. The normalized spacial score (nSPS) is 13.3. The summed E-state index contributed by atoms with van der Waals surface area (Å²) in [6, 6.07) is 0. The Bertz CT molecular complexity index is 1540. The van der Waals surface area contributed by atoms with Crippen molar-refractivity contribution < 1.29 is 28.6 Å². The van der Waals surface area contributed by atoms with Gasteiger partial charge >= 0.3 is 17.9 Å². The number of allylic oxidation sites excluding steroid dienone is 24. The van der Waals surface area contributed by atoms with Gasteiger partial charge in [0, 0.05) is 19.3 Å². The predicted octanol–water partition coefficient (Wildman–Crippen LogP) is 18.0. The molecule has 0 amide bonds. The first-order chi connectivity index (χ1) is 33.5. The molecule has 0 aromatic carbocycles. The zero-order valence-electron chi connectivity index (χ0n) is 43.3. The topological polar surface area (TPSA) is 78.9 Å². The minimum atomic E-state index is -0.825. The van der Waals surface area contributed by atoms with Gasteiger partial charge < -0.3 is 14.2 Å². The summed E-state index contributed by atoms with van der Waals surface area (Å²) in [6.45, 7) is 6.26. The van der Waals surface area contributed by atoms with Crippen molar-refractivity contribution in [3.05, 3.63) is 146 Å². The highest BCUT2D eigenvalue weighted by Crippen LogP contribution is 2.13. The van der Waals surface area contributed by atoms with Crippen LogP contribution in [0, 0.1) is 0 Å². The van der Waals surface area contributed by atoms with Crippen molar-refractivity contribution in [3.8, 4) is 0 Å². The summed E-state index contributed by atoms with van der Waals surface area (Å²) in [5.41, 5.74) is 0. The lowest BCUT2D eigenvalue weighted by molar-refractivity contribution is -0.167. The maximum atomic E-state index is 12.8. The van der Waals surface area contributed by atoms with Gasteiger partial charge in [-0.1, -0.05) is 250 Å². The number of unbranched alkanes of at least 4 members (excludes halogenated alkanes) is 20. The summed E-state index contributed by atoms with van der Waals surface area (Å²) in [4.78, 5) is 38.1. The largest absolute Gasteiger partial charge is 0.462 e. The van der Waals surface area contributed by atoms with Crippen LogP contribution < -0.4 is 0 Å². The highest BCUT2D eigenvalue weighted by molar-refractivity contribution is 5.71. The van der Waals surface area contributed by atoms with E-state index in [2.05, 4.69) is 81.5 Å². The molecule has 0 bridgehead atoms. The molecular formula is C62H96O6. The smallest absolute Gasteiger partial charge is 0.306 e. The number of rotatable bonds is 46. The van der Waals surface area contributed by atoms with Crippen LogP contribution in [0.1, 0.15) is 207 Å². The molecule has 0 saturated heterocycles. The second-order valence-corrected chi connectivity index (χ2v) is 17.3. The molecule has 0 spiro atoms. The Kier molecular flexibility index (Phi) is 51.1. The van der Waals surface area contributed by atoms with Gasteiger partial charge in [0.05, 0.1) is 0 Å². The molecular weight excluding hydrogens is 841 g/mol. The third-order valence-corrected chi connectivity index (χ3v) is 10.8. The fourth-order valence-electron chi connectivity index (χ4n) is 6.83. The van der Waals surface area contributed by atoms with Crippen LogP contribution in [-0.4, -0.2) is 37.2 Å². The fourth-order valence-corrected chi connectivity index (χ4v) is 6.83. The first-order valence-corrected chi connectivity index (χ1v) is 27.0. The zero-order valence-corrected chi connectivity index (χ0v) is 43.3. The predicted molar refractivity (Wildman–Crippen MR) is 292 cm³/mol. The highest BCUT2D eigenvalue weighted by Gasteiger charge is 2.19. The van der Waals surface area contributed by atoms with E-state index < -0.39 is 6.10 Å². The molecule has 1 atom stereocenters. The Morgan fingerprint density at radius 2 is 0.574 bits per heavy atom. The monoisotopic (exact) mass is 937 g/mol. The van der Waals surface area contributed by atoms with Gasteiger partial charge in [0.2, 0.25) is 0 Å². The summed E-state index contributed by atoms with van der Waals surface area (Å²) in [6.07, 6.45) is 78.2. The summed E-state index contributed by atoms with van der Waals surface area (Å²) in [5.74, 6) is -1.01. The lowest BCUT2D eigenvalue weighted by Gasteiger charge is -2.18. The van der Waals surface area contributed by atoms with E-state index in [4.69, 9.17) is 14.2 Å². The molecule has 0 N–H and O–H groups in total. The van der Waals surface area contributed by atoms with Crippen LogP contribution in [0.15, 0.2) is 146 Å². The number of carbonyl (C=O) groups is 3. The molecule has 0 heterocycles. The third-order valence-electron chi connectivity index (χ3n) is 10.8. The van der Waals surface area contributed by atoms with Crippen LogP contribution in [0.25, 0.3) is 0 Å². The average Bonchev–Trinajstić information content (AvgIpc) is 3.34. The molecule has 0 saturated carbocycles. The Morgan fingerprint density at radius 1 is 0.309 bits per heavy atom. The number of hydrogen-bond donors (Lipinski definition) is 0. The van der Waals surface area contributed by atoms with Gasteiger partial charge in [0.25, 0.3) is 0 Å². The van der Waals surface area contributed by atoms with Gasteiger partial charge in [-0.15, -0.1) is 0 Å². The van der Waals surface area contributed by atoms with Gasteiger partial charge in [-0.2, -0.15) is 0 Å². The van der Waals surface area contributed by atoms with E-state index >= 15 is 0 Å². The summed E-state index contributed by atoms with van der Waals surface area (Å²) >= 11 is 0. The zero-order chi connectivity index (χ0) is 49.3. The van der Waals surface area contributed by atoms with Gasteiger partial charge in [0.15, 0.2) is 6.10 Å². The van der Waals surface area contributed by atoms with Crippen LogP contribution in [0.2, 0.25) is 0 Å². The van der Waals surface area contributed by atoms with Crippen molar-refractivity contribution >= 4 is 17.9 Å². The van der Waals surface area contributed by atoms with E-state index in [1.807, 2.05) is 85.1 Å². The third kappa shape index (κ3) is 52.3. The van der Waals surface area contributed by atoms with E-state index in [1.54, 1.807) is 0 Å². The molecule has 0 fully saturated rings. The molecule has 380 valence electrons. The number of ether oxygens (including phenoxy) is 3. The molecule has 0 aliphatic carbocycles. The van der Waals surface area contributed by atoms with Crippen molar-refractivity contribution in [2.24, 2.45) is 0 Å². The second-order valence-electron chi connectivity index (χ2n) is 17.3. The maximum Gasteiger partial charge on any atom is 0.306 e. The van der Waals surface area contributed by atoms with Crippen LogP contribution in [-0.2, 0) is 28.6 Å². The van der Waals surface area contributed by atoms with E-state index in [0.717, 1.165) is 109 Å². The number of hydrogen-bond acceptors (Lipinski definition) is 6. The molecule has 0 rings (SSSR count). The molecule has 0 aliphatic heterocycles. The summed E-state index contributed by atoms with van der Waals surface area (Å²) < 4.78 is 16.8. The van der Waals surface area contributed by atoms with Crippen LogP contribution in [0.5, 0.6) is 0 Å².